The van der Waals surface area contributed by atoms with E-state index in [4.69, 9.17) is 16.3 Å². The van der Waals surface area contributed by atoms with Gasteiger partial charge in [-0.1, -0.05) is 12.1 Å². The second-order valence-electron chi connectivity index (χ2n) is 3.62. The first kappa shape index (κ1) is 12.8. The van der Waals surface area contributed by atoms with Gasteiger partial charge in [0, 0.05) is 6.04 Å². The fraction of sp³-hybridized carbons (Fsp3) is 0.417. The van der Waals surface area contributed by atoms with Crippen LogP contribution in [0.5, 0.6) is 5.75 Å². The van der Waals surface area contributed by atoms with Gasteiger partial charge >= 0.3 is 5.37 Å². The highest BCUT2D eigenvalue weighted by Crippen LogP contribution is 2.30. The molecule has 1 aromatic rings. The predicted octanol–water partition coefficient (Wildman–Crippen LogP) is 3.66. The quantitative estimate of drug-likeness (QED) is 0.595. The minimum absolute atomic E-state index is 0.00777. The fourth-order valence-electron chi connectivity index (χ4n) is 1.51. The number of nitrogens with zero attached hydrogens (tertiary/aromatic N) is 1. The van der Waals surface area contributed by atoms with E-state index in [1.54, 1.807) is 0 Å². The maximum absolute atomic E-state index is 11.4. The Morgan fingerprint density at radius 2 is 2.06 bits per heavy atom. The zero-order valence-corrected chi connectivity index (χ0v) is 10.5. The summed E-state index contributed by atoms with van der Waals surface area (Å²) in [6.45, 7) is 6.27. The fourth-order valence-corrected chi connectivity index (χ4v) is 1.80. The molecule has 0 N–H and O–H groups in total. The molecule has 88 valence electrons. The molecule has 4 heteroatoms. The third kappa shape index (κ3) is 2.89. The van der Waals surface area contributed by atoms with Crippen LogP contribution in [0.3, 0.4) is 0 Å². The van der Waals surface area contributed by atoms with E-state index in [0.29, 0.717) is 18.0 Å². The van der Waals surface area contributed by atoms with Gasteiger partial charge in [0.1, 0.15) is 5.75 Å². The number of anilines is 1. The van der Waals surface area contributed by atoms with Crippen LogP contribution in [0.15, 0.2) is 24.3 Å². The molecule has 0 bridgehead atoms. The van der Waals surface area contributed by atoms with E-state index in [-0.39, 0.29) is 6.04 Å². The summed E-state index contributed by atoms with van der Waals surface area (Å²) in [6, 6.07) is 7.37. The summed E-state index contributed by atoms with van der Waals surface area (Å²) in [6.07, 6.45) is 0. The van der Waals surface area contributed by atoms with Crippen molar-refractivity contribution in [2.24, 2.45) is 0 Å². The Hall–Kier alpha value is -1.22. The van der Waals surface area contributed by atoms with Gasteiger partial charge in [0.05, 0.1) is 12.3 Å². The van der Waals surface area contributed by atoms with E-state index in [2.05, 4.69) is 0 Å². The van der Waals surface area contributed by atoms with Crippen molar-refractivity contribution in [3.63, 3.8) is 0 Å². The summed E-state index contributed by atoms with van der Waals surface area (Å²) < 4.78 is 5.47. The van der Waals surface area contributed by atoms with Crippen LogP contribution in [0.2, 0.25) is 0 Å². The van der Waals surface area contributed by atoms with Gasteiger partial charge in [0.25, 0.3) is 0 Å². The number of benzene rings is 1. The van der Waals surface area contributed by atoms with Gasteiger partial charge < -0.3 is 4.74 Å². The molecular weight excluding hydrogens is 226 g/mol. The molecular formula is C12H16ClNO2. The van der Waals surface area contributed by atoms with Crippen molar-refractivity contribution in [1.29, 1.82) is 0 Å². The SMILES string of the molecule is CCOc1ccccc1N(C(=O)Cl)C(C)C. The van der Waals surface area contributed by atoms with Gasteiger partial charge in [-0.15, -0.1) is 0 Å². The van der Waals surface area contributed by atoms with Crippen LogP contribution in [0, 0.1) is 0 Å². The Labute approximate surface area is 101 Å². The number of para-hydroxylation sites is 2. The molecule has 0 unspecified atom stereocenters. The van der Waals surface area contributed by atoms with Gasteiger partial charge in [-0.2, -0.15) is 0 Å². The maximum Gasteiger partial charge on any atom is 0.321 e. The van der Waals surface area contributed by atoms with E-state index >= 15 is 0 Å². The van der Waals surface area contributed by atoms with E-state index < -0.39 is 5.37 Å². The third-order valence-electron chi connectivity index (χ3n) is 2.13. The summed E-state index contributed by atoms with van der Waals surface area (Å²) in [5.41, 5.74) is 0.708. The van der Waals surface area contributed by atoms with Gasteiger partial charge in [0.2, 0.25) is 0 Å². The standard InChI is InChI=1S/C12H16ClNO2/c1-4-16-11-8-6-5-7-10(11)14(9(2)3)12(13)15/h5-9H,4H2,1-3H3. The van der Waals surface area contributed by atoms with Crippen LogP contribution >= 0.6 is 11.6 Å². The zero-order valence-electron chi connectivity index (χ0n) is 9.74. The number of halogens is 1. The van der Waals surface area contributed by atoms with Crippen molar-refractivity contribution < 1.29 is 9.53 Å². The van der Waals surface area contributed by atoms with Gasteiger partial charge in [-0.05, 0) is 44.5 Å². The molecule has 0 saturated carbocycles. The zero-order chi connectivity index (χ0) is 12.1. The van der Waals surface area contributed by atoms with Gasteiger partial charge in [-0.25, -0.2) is 0 Å². The molecule has 0 spiro atoms. The topological polar surface area (TPSA) is 29.5 Å². The van der Waals surface area contributed by atoms with Crippen LogP contribution in [0.1, 0.15) is 20.8 Å². The number of carbonyl (C=O) groups is 1. The molecule has 0 atom stereocenters. The molecule has 1 amide bonds. The first-order valence-corrected chi connectivity index (χ1v) is 5.66. The van der Waals surface area contributed by atoms with Crippen molar-refractivity contribution in [2.75, 3.05) is 11.5 Å². The number of hydrogen-bond acceptors (Lipinski definition) is 2. The van der Waals surface area contributed by atoms with Crippen molar-refractivity contribution in [1.82, 2.24) is 0 Å². The molecule has 16 heavy (non-hydrogen) atoms. The van der Waals surface area contributed by atoms with E-state index in [9.17, 15) is 4.79 Å². The Balaban J connectivity index is 3.12. The molecule has 3 nitrogen and oxygen atoms in total. The number of carbonyl (C=O) groups excluding carboxylic acids is 1. The summed E-state index contributed by atoms with van der Waals surface area (Å²) in [5.74, 6) is 0.674. The first-order chi connectivity index (χ1) is 7.57. The second kappa shape index (κ2) is 5.75. The smallest absolute Gasteiger partial charge is 0.321 e. The monoisotopic (exact) mass is 241 g/mol. The molecule has 1 rings (SSSR count). The van der Waals surface area contributed by atoms with Crippen LogP contribution in [-0.4, -0.2) is 18.0 Å². The Bertz CT molecular complexity index is 366. The lowest BCUT2D eigenvalue weighted by molar-refractivity contribution is 0.262. The molecule has 0 aliphatic rings. The summed E-state index contributed by atoms with van der Waals surface area (Å²) >= 11 is 5.58. The predicted molar refractivity (Wildman–Crippen MR) is 66.5 cm³/mol. The highest BCUT2D eigenvalue weighted by atomic mass is 35.5. The summed E-state index contributed by atoms with van der Waals surface area (Å²) in [7, 11) is 0. The maximum atomic E-state index is 11.4. The van der Waals surface area contributed by atoms with Crippen molar-refractivity contribution in [3.8, 4) is 5.75 Å². The number of ether oxygens (including phenoxy) is 1. The highest BCUT2D eigenvalue weighted by molar-refractivity contribution is 6.66. The highest BCUT2D eigenvalue weighted by Gasteiger charge is 2.20. The average molecular weight is 242 g/mol. The Kier molecular flexibility index (Phi) is 4.62. The van der Waals surface area contributed by atoms with Gasteiger partial charge in [0.15, 0.2) is 0 Å². The largest absolute Gasteiger partial charge is 0.492 e. The lowest BCUT2D eigenvalue weighted by atomic mass is 10.2. The molecule has 0 aliphatic carbocycles. The molecule has 0 radical (unpaired) electrons. The van der Waals surface area contributed by atoms with Crippen molar-refractivity contribution in [2.45, 2.75) is 26.8 Å². The number of hydrogen-bond donors (Lipinski definition) is 0. The van der Waals surface area contributed by atoms with E-state index in [0.717, 1.165) is 0 Å². The minimum atomic E-state index is -0.498. The molecule has 0 saturated heterocycles. The van der Waals surface area contributed by atoms with Gasteiger partial charge in [-0.3, -0.25) is 9.69 Å². The van der Waals surface area contributed by atoms with Crippen molar-refractivity contribution in [3.05, 3.63) is 24.3 Å². The first-order valence-electron chi connectivity index (χ1n) is 5.28. The molecule has 0 aliphatic heterocycles. The molecule has 0 aromatic heterocycles. The number of amides is 1. The van der Waals surface area contributed by atoms with Crippen LogP contribution in [-0.2, 0) is 0 Å². The second-order valence-corrected chi connectivity index (χ2v) is 3.94. The van der Waals surface area contributed by atoms with Crippen molar-refractivity contribution >= 4 is 22.7 Å². The Morgan fingerprint density at radius 1 is 1.44 bits per heavy atom. The van der Waals surface area contributed by atoms with E-state index in [1.165, 1.54) is 4.90 Å². The molecule has 0 fully saturated rings. The summed E-state index contributed by atoms with van der Waals surface area (Å²) in [5, 5.41) is -0.498. The molecule has 1 aromatic carbocycles. The van der Waals surface area contributed by atoms with Crippen LogP contribution in [0.25, 0.3) is 0 Å². The normalized spacial score (nSPS) is 10.3. The third-order valence-corrected chi connectivity index (χ3v) is 2.31. The minimum Gasteiger partial charge on any atom is -0.492 e. The lowest BCUT2D eigenvalue weighted by Gasteiger charge is -2.25. The summed E-state index contributed by atoms with van der Waals surface area (Å²) in [4.78, 5) is 12.9. The van der Waals surface area contributed by atoms with Crippen LogP contribution < -0.4 is 9.64 Å². The Morgan fingerprint density at radius 3 is 2.56 bits per heavy atom. The number of rotatable bonds is 4. The lowest BCUT2D eigenvalue weighted by Crippen LogP contribution is -2.33. The van der Waals surface area contributed by atoms with Crippen LogP contribution in [0.4, 0.5) is 10.5 Å². The molecule has 0 heterocycles. The van der Waals surface area contributed by atoms with E-state index in [1.807, 2.05) is 45.0 Å². The average Bonchev–Trinajstić information content (AvgIpc) is 2.20.